The van der Waals surface area contributed by atoms with Gasteiger partial charge in [0.1, 0.15) is 5.75 Å². The molecular weight excluding hydrogens is 354 g/mol. The van der Waals surface area contributed by atoms with E-state index in [-0.39, 0.29) is 5.78 Å². The fourth-order valence-electron chi connectivity index (χ4n) is 2.66. The number of nitrogens with zero attached hydrogens (tertiary/aromatic N) is 3. The van der Waals surface area contributed by atoms with Crippen molar-refractivity contribution in [2.75, 3.05) is 21.2 Å². The topological polar surface area (TPSA) is 92.3 Å². The van der Waals surface area contributed by atoms with Gasteiger partial charge in [0.2, 0.25) is 5.96 Å². The molecule has 0 radical (unpaired) electrons. The molecule has 0 saturated heterocycles. The van der Waals surface area contributed by atoms with Crippen LogP contribution in [0.15, 0.2) is 64.6 Å². The Morgan fingerprint density at radius 1 is 1.18 bits per heavy atom. The van der Waals surface area contributed by atoms with E-state index >= 15 is 0 Å². The molecule has 2 aromatic rings. The first-order valence-electron chi connectivity index (χ1n) is 8.78. The number of hydrogen-bond donors (Lipinski definition) is 2. The first-order chi connectivity index (χ1) is 13.5. The second-order valence-corrected chi connectivity index (χ2v) is 6.46. The summed E-state index contributed by atoms with van der Waals surface area (Å²) in [6.45, 7) is 0. The largest absolute Gasteiger partial charge is 0.497 e. The number of methoxy groups -OCH3 is 1. The lowest BCUT2D eigenvalue weighted by atomic mass is 10.1. The van der Waals surface area contributed by atoms with Crippen LogP contribution in [0.25, 0.3) is 6.08 Å². The van der Waals surface area contributed by atoms with Crippen LogP contribution in [-0.2, 0) is 0 Å². The van der Waals surface area contributed by atoms with Crippen LogP contribution in [-0.4, -0.2) is 43.8 Å². The number of benzene rings is 2. The highest BCUT2D eigenvalue weighted by Crippen LogP contribution is 2.22. The molecule has 1 heterocycles. The molecule has 0 bridgehead atoms. The molecule has 2 aromatic carbocycles. The summed E-state index contributed by atoms with van der Waals surface area (Å²) in [5, 5.41) is 2.93. The Balaban J connectivity index is 1.73. The van der Waals surface area contributed by atoms with E-state index in [0.29, 0.717) is 23.2 Å². The van der Waals surface area contributed by atoms with E-state index in [9.17, 15) is 4.79 Å². The minimum absolute atomic E-state index is 0.0843. The molecule has 7 nitrogen and oxygen atoms in total. The number of rotatable bonds is 5. The first-order valence-corrected chi connectivity index (χ1v) is 8.78. The number of guanidine groups is 2. The van der Waals surface area contributed by atoms with Crippen LogP contribution in [0.2, 0.25) is 0 Å². The molecule has 3 rings (SSSR count). The highest BCUT2D eigenvalue weighted by molar-refractivity contribution is 6.07. The highest BCUT2D eigenvalue weighted by atomic mass is 16.5. The Bertz CT molecular complexity index is 946. The average molecular weight is 377 g/mol. The lowest BCUT2D eigenvalue weighted by molar-refractivity contribution is 0.104. The van der Waals surface area contributed by atoms with Crippen molar-refractivity contribution in [3.05, 3.63) is 71.3 Å². The fourth-order valence-corrected chi connectivity index (χ4v) is 2.66. The SMILES string of the molecule is COc1cccc(C(=O)/C=C/c2ccc(C3N=C(N)NC(N(C)C)=N3)cc2)c1. The van der Waals surface area contributed by atoms with Crippen molar-refractivity contribution >= 4 is 23.8 Å². The fraction of sp³-hybridized carbons (Fsp3) is 0.190. The standard InChI is InChI=1S/C21H23N5O2/c1-26(2)21-24-19(23-20(22)25-21)15-10-7-14(8-11-15)9-12-18(27)16-5-4-6-17(13-16)28-3/h4-13,19H,1-3H3,(H3,22,23,24,25)/b12-9+. The number of ketones is 1. The van der Waals surface area contributed by atoms with Crippen LogP contribution in [0.3, 0.4) is 0 Å². The second kappa shape index (κ2) is 8.39. The monoisotopic (exact) mass is 377 g/mol. The maximum Gasteiger partial charge on any atom is 0.202 e. The Kier molecular flexibility index (Phi) is 5.74. The molecule has 1 aliphatic rings. The van der Waals surface area contributed by atoms with Crippen LogP contribution >= 0.6 is 0 Å². The predicted octanol–water partition coefficient (Wildman–Crippen LogP) is 2.43. The van der Waals surface area contributed by atoms with Crippen LogP contribution in [0, 0.1) is 0 Å². The summed E-state index contributed by atoms with van der Waals surface area (Å²) in [7, 11) is 5.34. The average Bonchev–Trinajstić information content (AvgIpc) is 2.72. The Morgan fingerprint density at radius 3 is 2.61 bits per heavy atom. The van der Waals surface area contributed by atoms with E-state index < -0.39 is 6.17 Å². The van der Waals surface area contributed by atoms with Crippen molar-refractivity contribution in [2.45, 2.75) is 6.17 Å². The Morgan fingerprint density at radius 2 is 1.93 bits per heavy atom. The molecular formula is C21H23N5O2. The molecule has 7 heteroatoms. The van der Waals surface area contributed by atoms with Gasteiger partial charge in [-0.15, -0.1) is 0 Å². The number of allylic oxidation sites excluding steroid dienone is 1. The molecule has 0 aromatic heterocycles. The molecule has 144 valence electrons. The van der Waals surface area contributed by atoms with E-state index in [1.54, 1.807) is 43.5 Å². The van der Waals surface area contributed by atoms with Gasteiger partial charge in [-0.2, -0.15) is 0 Å². The zero-order valence-corrected chi connectivity index (χ0v) is 16.1. The molecule has 0 spiro atoms. The second-order valence-electron chi connectivity index (χ2n) is 6.46. The zero-order valence-electron chi connectivity index (χ0n) is 16.1. The summed E-state index contributed by atoms with van der Waals surface area (Å²) in [6.07, 6.45) is 2.93. The third kappa shape index (κ3) is 4.56. The number of ether oxygens (including phenoxy) is 1. The van der Waals surface area contributed by atoms with Crippen molar-refractivity contribution in [3.8, 4) is 5.75 Å². The lowest BCUT2D eigenvalue weighted by Gasteiger charge is -2.23. The summed E-state index contributed by atoms with van der Waals surface area (Å²) in [4.78, 5) is 23.0. The third-order valence-electron chi connectivity index (χ3n) is 4.19. The molecule has 1 aliphatic heterocycles. The van der Waals surface area contributed by atoms with Crippen LogP contribution in [0.4, 0.5) is 0 Å². The van der Waals surface area contributed by atoms with Gasteiger partial charge in [-0.05, 0) is 29.3 Å². The van der Waals surface area contributed by atoms with Crippen molar-refractivity contribution < 1.29 is 9.53 Å². The van der Waals surface area contributed by atoms with Gasteiger partial charge in [0, 0.05) is 19.7 Å². The maximum atomic E-state index is 12.3. The molecule has 1 unspecified atom stereocenters. The van der Waals surface area contributed by atoms with E-state index in [4.69, 9.17) is 10.5 Å². The Hall–Kier alpha value is -3.61. The molecule has 0 saturated carbocycles. The van der Waals surface area contributed by atoms with Gasteiger partial charge in [0.05, 0.1) is 7.11 Å². The predicted molar refractivity (Wildman–Crippen MR) is 111 cm³/mol. The van der Waals surface area contributed by atoms with Gasteiger partial charge in [-0.3, -0.25) is 10.1 Å². The van der Waals surface area contributed by atoms with E-state index in [0.717, 1.165) is 11.1 Å². The van der Waals surface area contributed by atoms with Gasteiger partial charge >= 0.3 is 0 Å². The number of hydrogen-bond acceptors (Lipinski definition) is 7. The smallest absolute Gasteiger partial charge is 0.202 e. The molecule has 0 fully saturated rings. The van der Waals surface area contributed by atoms with Crippen molar-refractivity contribution in [3.63, 3.8) is 0 Å². The normalized spacial score (nSPS) is 16.2. The maximum absolute atomic E-state index is 12.3. The van der Waals surface area contributed by atoms with Gasteiger partial charge in [-0.25, -0.2) is 9.98 Å². The van der Waals surface area contributed by atoms with Crippen molar-refractivity contribution in [2.24, 2.45) is 15.7 Å². The number of aliphatic imine (C=N–C) groups is 2. The van der Waals surface area contributed by atoms with E-state index in [2.05, 4.69) is 15.3 Å². The molecule has 3 N–H and O–H groups in total. The van der Waals surface area contributed by atoms with Gasteiger partial charge < -0.3 is 15.4 Å². The van der Waals surface area contributed by atoms with E-state index in [1.807, 2.05) is 43.3 Å². The molecule has 28 heavy (non-hydrogen) atoms. The van der Waals surface area contributed by atoms with E-state index in [1.165, 1.54) is 0 Å². The minimum Gasteiger partial charge on any atom is -0.497 e. The zero-order chi connectivity index (χ0) is 20.1. The number of nitrogens with one attached hydrogen (secondary N) is 1. The quantitative estimate of drug-likeness (QED) is 0.617. The van der Waals surface area contributed by atoms with Crippen LogP contribution < -0.4 is 15.8 Å². The molecule has 1 atom stereocenters. The van der Waals surface area contributed by atoms with Gasteiger partial charge in [-0.1, -0.05) is 42.5 Å². The first kappa shape index (κ1) is 19.2. The Labute approximate surface area is 164 Å². The summed E-state index contributed by atoms with van der Waals surface area (Å²) in [5.74, 6) is 1.56. The van der Waals surface area contributed by atoms with Crippen molar-refractivity contribution in [1.29, 1.82) is 0 Å². The van der Waals surface area contributed by atoms with Gasteiger partial charge in [0.15, 0.2) is 17.9 Å². The minimum atomic E-state index is -0.393. The number of nitrogens with two attached hydrogens (primary N) is 1. The number of carbonyl (C=O) groups excluding carboxylic acids is 1. The molecule has 0 aliphatic carbocycles. The molecule has 0 amide bonds. The lowest BCUT2D eigenvalue weighted by Crippen LogP contribution is -2.46. The summed E-state index contributed by atoms with van der Waals surface area (Å²) < 4.78 is 5.15. The van der Waals surface area contributed by atoms with Crippen LogP contribution in [0.5, 0.6) is 5.75 Å². The summed E-state index contributed by atoms with van der Waals surface area (Å²) in [6, 6.07) is 14.8. The highest BCUT2D eigenvalue weighted by Gasteiger charge is 2.17. The van der Waals surface area contributed by atoms with Gasteiger partial charge in [0.25, 0.3) is 0 Å². The van der Waals surface area contributed by atoms with Crippen LogP contribution in [0.1, 0.15) is 27.7 Å². The van der Waals surface area contributed by atoms with Crippen molar-refractivity contribution in [1.82, 2.24) is 10.2 Å². The number of carbonyl (C=O) groups is 1. The summed E-state index contributed by atoms with van der Waals surface area (Å²) >= 11 is 0. The third-order valence-corrected chi connectivity index (χ3v) is 4.19. The summed E-state index contributed by atoms with van der Waals surface area (Å²) in [5.41, 5.74) is 8.25.